The molecule has 2 heterocycles. The minimum absolute atomic E-state index is 0.263. The standard InChI is InChI=1S/C17H20N4O3/c1-4-5-8-21-15(18-19-20-21)10-23-14-7-6-13-11(2)9-16(22)24-17(13)12(14)3/h6-7,9H,4-5,8,10H2,1-3H3. The number of benzene rings is 1. The summed E-state index contributed by atoms with van der Waals surface area (Å²) in [5, 5.41) is 12.6. The van der Waals surface area contributed by atoms with Gasteiger partial charge in [-0.3, -0.25) is 0 Å². The summed E-state index contributed by atoms with van der Waals surface area (Å²) in [4.78, 5) is 11.6. The first kappa shape index (κ1) is 16.2. The molecule has 0 bridgehead atoms. The zero-order valence-corrected chi connectivity index (χ0v) is 14.1. The van der Waals surface area contributed by atoms with Gasteiger partial charge in [0.15, 0.2) is 5.82 Å². The quantitative estimate of drug-likeness (QED) is 0.647. The summed E-state index contributed by atoms with van der Waals surface area (Å²) < 4.78 is 13.0. The van der Waals surface area contributed by atoms with Crippen LogP contribution < -0.4 is 10.4 Å². The lowest BCUT2D eigenvalue weighted by Gasteiger charge is -2.11. The van der Waals surface area contributed by atoms with Crippen LogP contribution in [0, 0.1) is 13.8 Å². The third-order valence-corrected chi connectivity index (χ3v) is 4.00. The minimum atomic E-state index is -0.358. The maximum atomic E-state index is 11.6. The number of hydrogen-bond acceptors (Lipinski definition) is 6. The molecule has 0 saturated carbocycles. The van der Waals surface area contributed by atoms with Gasteiger partial charge in [0.05, 0.1) is 0 Å². The van der Waals surface area contributed by atoms with E-state index in [0.717, 1.165) is 35.9 Å². The van der Waals surface area contributed by atoms with Gasteiger partial charge in [0.25, 0.3) is 0 Å². The Morgan fingerprint density at radius 1 is 1.29 bits per heavy atom. The van der Waals surface area contributed by atoms with Crippen LogP contribution in [0.25, 0.3) is 11.0 Å². The third-order valence-electron chi connectivity index (χ3n) is 4.00. The molecule has 0 aliphatic heterocycles. The van der Waals surface area contributed by atoms with Crippen molar-refractivity contribution in [2.24, 2.45) is 0 Å². The van der Waals surface area contributed by atoms with Crippen LogP contribution in [0.5, 0.6) is 5.75 Å². The van der Waals surface area contributed by atoms with Crippen LogP contribution in [0.1, 0.15) is 36.7 Å². The van der Waals surface area contributed by atoms with Crippen molar-refractivity contribution >= 4 is 11.0 Å². The molecule has 0 spiro atoms. The average molecular weight is 328 g/mol. The van der Waals surface area contributed by atoms with E-state index in [2.05, 4.69) is 22.4 Å². The fourth-order valence-electron chi connectivity index (χ4n) is 2.61. The Morgan fingerprint density at radius 3 is 2.92 bits per heavy atom. The lowest BCUT2D eigenvalue weighted by Crippen LogP contribution is -2.09. The molecular weight excluding hydrogens is 308 g/mol. The first-order valence-electron chi connectivity index (χ1n) is 8.02. The van der Waals surface area contributed by atoms with Gasteiger partial charge >= 0.3 is 5.63 Å². The summed E-state index contributed by atoms with van der Waals surface area (Å²) in [6.45, 7) is 6.92. The van der Waals surface area contributed by atoms with E-state index in [4.69, 9.17) is 9.15 Å². The molecule has 126 valence electrons. The van der Waals surface area contributed by atoms with E-state index in [1.807, 2.05) is 26.0 Å². The molecular formula is C17H20N4O3. The molecule has 0 N–H and O–H groups in total. The lowest BCUT2D eigenvalue weighted by molar-refractivity contribution is 0.283. The number of hydrogen-bond donors (Lipinski definition) is 0. The van der Waals surface area contributed by atoms with Crippen LogP contribution in [0.3, 0.4) is 0 Å². The predicted molar refractivity (Wildman–Crippen MR) is 89.0 cm³/mol. The molecule has 0 aliphatic carbocycles. The number of ether oxygens (including phenoxy) is 1. The number of aryl methyl sites for hydroxylation is 3. The number of unbranched alkanes of at least 4 members (excludes halogenated alkanes) is 1. The van der Waals surface area contributed by atoms with Crippen molar-refractivity contribution in [3.8, 4) is 5.75 Å². The normalized spacial score (nSPS) is 11.1. The summed E-state index contributed by atoms with van der Waals surface area (Å²) in [7, 11) is 0. The van der Waals surface area contributed by atoms with Crippen LogP contribution in [0.15, 0.2) is 27.4 Å². The summed E-state index contributed by atoms with van der Waals surface area (Å²) in [5.74, 6) is 1.33. The Morgan fingerprint density at radius 2 is 2.12 bits per heavy atom. The van der Waals surface area contributed by atoms with E-state index in [1.54, 1.807) is 4.68 Å². The zero-order chi connectivity index (χ0) is 17.1. The van der Waals surface area contributed by atoms with E-state index in [1.165, 1.54) is 6.07 Å². The number of tetrazole rings is 1. The van der Waals surface area contributed by atoms with E-state index >= 15 is 0 Å². The highest BCUT2D eigenvalue weighted by Gasteiger charge is 2.12. The van der Waals surface area contributed by atoms with Crippen LogP contribution in [0.2, 0.25) is 0 Å². The van der Waals surface area contributed by atoms with Gasteiger partial charge in [-0.2, -0.15) is 0 Å². The largest absolute Gasteiger partial charge is 0.485 e. The molecule has 1 aromatic carbocycles. The van der Waals surface area contributed by atoms with Crippen LogP contribution in [-0.4, -0.2) is 20.2 Å². The molecule has 0 unspecified atom stereocenters. The molecule has 0 radical (unpaired) electrons. The third kappa shape index (κ3) is 3.15. The SMILES string of the molecule is CCCCn1nnnc1COc1ccc2c(C)cc(=O)oc2c1C. The van der Waals surface area contributed by atoms with Crippen molar-refractivity contribution in [3.05, 3.63) is 45.6 Å². The monoisotopic (exact) mass is 328 g/mol. The summed E-state index contributed by atoms with van der Waals surface area (Å²) in [5.41, 5.74) is 1.88. The second-order valence-electron chi connectivity index (χ2n) is 5.77. The summed E-state index contributed by atoms with van der Waals surface area (Å²) >= 11 is 0. The predicted octanol–water partition coefficient (Wildman–Crippen LogP) is 2.78. The molecule has 3 rings (SSSR count). The lowest BCUT2D eigenvalue weighted by atomic mass is 10.1. The van der Waals surface area contributed by atoms with Crippen molar-refractivity contribution < 1.29 is 9.15 Å². The maximum absolute atomic E-state index is 11.6. The van der Waals surface area contributed by atoms with Crippen LogP contribution in [0.4, 0.5) is 0 Å². The van der Waals surface area contributed by atoms with E-state index < -0.39 is 0 Å². The Labute approximate surface area is 139 Å². The van der Waals surface area contributed by atoms with Crippen LogP contribution in [-0.2, 0) is 13.2 Å². The van der Waals surface area contributed by atoms with Crippen molar-refractivity contribution in [3.63, 3.8) is 0 Å². The number of nitrogens with zero attached hydrogens (tertiary/aromatic N) is 4. The number of rotatable bonds is 6. The highest BCUT2D eigenvalue weighted by Crippen LogP contribution is 2.28. The van der Waals surface area contributed by atoms with E-state index in [0.29, 0.717) is 17.2 Å². The minimum Gasteiger partial charge on any atom is -0.485 e. The van der Waals surface area contributed by atoms with Crippen molar-refractivity contribution in [1.29, 1.82) is 0 Å². The smallest absolute Gasteiger partial charge is 0.336 e. The van der Waals surface area contributed by atoms with Gasteiger partial charge in [-0.1, -0.05) is 13.3 Å². The molecule has 24 heavy (non-hydrogen) atoms. The first-order chi connectivity index (χ1) is 11.6. The van der Waals surface area contributed by atoms with Gasteiger partial charge in [-0.15, -0.1) is 5.10 Å². The molecule has 3 aromatic rings. The Hall–Kier alpha value is -2.70. The Bertz CT molecular complexity index is 914. The van der Waals surface area contributed by atoms with Gasteiger partial charge in [0, 0.05) is 23.6 Å². The molecule has 0 saturated heterocycles. The van der Waals surface area contributed by atoms with Gasteiger partial charge in [0.1, 0.15) is 17.9 Å². The van der Waals surface area contributed by atoms with Crippen LogP contribution >= 0.6 is 0 Å². The van der Waals surface area contributed by atoms with Gasteiger partial charge in [-0.25, -0.2) is 9.48 Å². The summed E-state index contributed by atoms with van der Waals surface area (Å²) in [6.07, 6.45) is 2.08. The first-order valence-corrected chi connectivity index (χ1v) is 8.02. The van der Waals surface area contributed by atoms with Gasteiger partial charge in [0.2, 0.25) is 0 Å². The maximum Gasteiger partial charge on any atom is 0.336 e. The number of fused-ring (bicyclic) bond motifs is 1. The van der Waals surface area contributed by atoms with Gasteiger partial charge < -0.3 is 9.15 Å². The molecule has 0 atom stereocenters. The van der Waals surface area contributed by atoms with Gasteiger partial charge in [-0.05, 0) is 48.4 Å². The second-order valence-corrected chi connectivity index (χ2v) is 5.77. The molecule has 0 amide bonds. The molecule has 0 aliphatic rings. The van der Waals surface area contributed by atoms with Crippen molar-refractivity contribution in [2.45, 2.75) is 46.8 Å². The van der Waals surface area contributed by atoms with E-state index in [-0.39, 0.29) is 12.2 Å². The average Bonchev–Trinajstić information content (AvgIpc) is 3.00. The summed E-state index contributed by atoms with van der Waals surface area (Å²) in [6, 6.07) is 5.27. The topological polar surface area (TPSA) is 83.0 Å². The zero-order valence-electron chi connectivity index (χ0n) is 14.1. The number of aromatic nitrogens is 4. The van der Waals surface area contributed by atoms with E-state index in [9.17, 15) is 4.79 Å². The highest BCUT2D eigenvalue weighted by atomic mass is 16.5. The molecule has 7 nitrogen and oxygen atoms in total. The Balaban J connectivity index is 1.85. The molecule has 2 aromatic heterocycles. The molecule has 0 fully saturated rings. The second kappa shape index (κ2) is 6.82. The fraction of sp³-hybridized carbons (Fsp3) is 0.412. The fourth-order valence-corrected chi connectivity index (χ4v) is 2.61. The van der Waals surface area contributed by atoms with Crippen molar-refractivity contribution in [1.82, 2.24) is 20.2 Å². The highest BCUT2D eigenvalue weighted by molar-refractivity contribution is 5.84. The van der Waals surface area contributed by atoms with Crippen molar-refractivity contribution in [2.75, 3.05) is 0 Å². The molecule has 7 heteroatoms. The Kier molecular flexibility index (Phi) is 4.59.